The van der Waals surface area contributed by atoms with Crippen LogP contribution < -0.4 is 4.74 Å². The smallest absolute Gasteiger partial charge is 0.119 e. The summed E-state index contributed by atoms with van der Waals surface area (Å²) in [6, 6.07) is 12.6. The molecule has 0 unspecified atom stereocenters. The second kappa shape index (κ2) is 10.5. The monoisotopic (exact) mass is 365 g/mol. The summed E-state index contributed by atoms with van der Waals surface area (Å²) >= 11 is 0. The molecule has 146 valence electrons. The molecular weight excluding hydrogens is 330 g/mol. The summed E-state index contributed by atoms with van der Waals surface area (Å²) in [4.78, 5) is 4.55. The van der Waals surface area contributed by atoms with Gasteiger partial charge in [-0.3, -0.25) is 4.98 Å². The summed E-state index contributed by atoms with van der Waals surface area (Å²) in [6.07, 6.45) is 14.0. The van der Waals surface area contributed by atoms with E-state index in [0.717, 1.165) is 41.9 Å². The highest BCUT2D eigenvalue weighted by Gasteiger charge is 2.20. The van der Waals surface area contributed by atoms with E-state index in [1.807, 2.05) is 6.20 Å². The van der Waals surface area contributed by atoms with Gasteiger partial charge >= 0.3 is 0 Å². The third kappa shape index (κ3) is 6.09. The fourth-order valence-electron chi connectivity index (χ4n) is 4.31. The molecular formula is C25H35NO. The summed E-state index contributed by atoms with van der Waals surface area (Å²) < 4.78 is 5.96. The van der Waals surface area contributed by atoms with Gasteiger partial charge < -0.3 is 4.74 Å². The molecule has 0 atom stereocenters. The summed E-state index contributed by atoms with van der Waals surface area (Å²) in [5, 5.41) is 0. The number of hydrogen-bond acceptors (Lipinski definition) is 2. The lowest BCUT2D eigenvalue weighted by atomic mass is 9.78. The molecule has 0 spiro atoms. The Morgan fingerprint density at radius 3 is 2.19 bits per heavy atom. The van der Waals surface area contributed by atoms with Crippen molar-refractivity contribution in [2.45, 2.75) is 71.6 Å². The SMILES string of the molecule is CCC[C@H]1CC[C@H](CCCOc2ccc(-c3ccc(CC)cn3)cc2)CC1. The average Bonchev–Trinajstić information content (AvgIpc) is 2.73. The van der Waals surface area contributed by atoms with Crippen LogP contribution in [0.4, 0.5) is 0 Å². The zero-order chi connectivity index (χ0) is 18.9. The van der Waals surface area contributed by atoms with Crippen LogP contribution in [0.1, 0.15) is 70.8 Å². The van der Waals surface area contributed by atoms with E-state index in [1.165, 1.54) is 56.9 Å². The number of rotatable bonds is 9. The topological polar surface area (TPSA) is 22.1 Å². The normalized spacial score (nSPS) is 19.8. The summed E-state index contributed by atoms with van der Waals surface area (Å²) in [5.41, 5.74) is 3.45. The van der Waals surface area contributed by atoms with Crippen LogP contribution in [0, 0.1) is 11.8 Å². The van der Waals surface area contributed by atoms with Crippen molar-refractivity contribution in [3.63, 3.8) is 0 Å². The molecule has 0 N–H and O–H groups in total. The highest BCUT2D eigenvalue weighted by atomic mass is 16.5. The van der Waals surface area contributed by atoms with Crippen LogP contribution in [0.5, 0.6) is 5.75 Å². The van der Waals surface area contributed by atoms with Crippen LogP contribution in [0.25, 0.3) is 11.3 Å². The number of ether oxygens (including phenoxy) is 1. The number of pyridine rings is 1. The van der Waals surface area contributed by atoms with E-state index >= 15 is 0 Å². The highest BCUT2D eigenvalue weighted by Crippen LogP contribution is 2.33. The zero-order valence-electron chi connectivity index (χ0n) is 17.1. The maximum absolute atomic E-state index is 5.96. The van der Waals surface area contributed by atoms with Crippen LogP contribution in [0.3, 0.4) is 0 Å². The van der Waals surface area contributed by atoms with Crippen LogP contribution in [-0.2, 0) is 6.42 Å². The van der Waals surface area contributed by atoms with Crippen molar-refractivity contribution >= 4 is 0 Å². The first-order valence-electron chi connectivity index (χ1n) is 11.0. The van der Waals surface area contributed by atoms with Gasteiger partial charge in [-0.25, -0.2) is 0 Å². The molecule has 2 nitrogen and oxygen atoms in total. The minimum Gasteiger partial charge on any atom is -0.494 e. The molecule has 1 aliphatic rings. The average molecular weight is 366 g/mol. The van der Waals surface area contributed by atoms with E-state index in [1.54, 1.807) is 0 Å². The largest absolute Gasteiger partial charge is 0.494 e. The Bertz CT molecular complexity index is 654. The van der Waals surface area contributed by atoms with Crippen molar-refractivity contribution < 1.29 is 4.74 Å². The third-order valence-corrected chi connectivity index (χ3v) is 6.07. The second-order valence-electron chi connectivity index (χ2n) is 8.10. The predicted octanol–water partition coefficient (Wildman–Crippen LogP) is 7.08. The maximum atomic E-state index is 5.96. The molecule has 0 aliphatic heterocycles. The van der Waals surface area contributed by atoms with E-state index in [9.17, 15) is 0 Å². The molecule has 3 rings (SSSR count). The second-order valence-corrected chi connectivity index (χ2v) is 8.10. The van der Waals surface area contributed by atoms with Gasteiger partial charge in [-0.15, -0.1) is 0 Å². The minimum atomic E-state index is 0.831. The summed E-state index contributed by atoms with van der Waals surface area (Å²) in [5.74, 6) is 2.91. The molecule has 1 fully saturated rings. The number of hydrogen-bond donors (Lipinski definition) is 0. The lowest BCUT2D eigenvalue weighted by Crippen LogP contribution is -2.15. The number of aromatic nitrogens is 1. The summed E-state index contributed by atoms with van der Waals surface area (Å²) in [6.45, 7) is 5.30. The highest BCUT2D eigenvalue weighted by molar-refractivity contribution is 5.60. The quantitative estimate of drug-likeness (QED) is 0.443. The molecule has 2 heteroatoms. The minimum absolute atomic E-state index is 0.831. The van der Waals surface area contributed by atoms with Crippen molar-refractivity contribution in [2.75, 3.05) is 6.61 Å². The van der Waals surface area contributed by atoms with Crippen molar-refractivity contribution in [2.24, 2.45) is 11.8 Å². The van der Waals surface area contributed by atoms with E-state index in [-0.39, 0.29) is 0 Å². The molecule has 1 saturated carbocycles. The number of nitrogens with zero attached hydrogens (tertiary/aromatic N) is 1. The van der Waals surface area contributed by atoms with Gasteiger partial charge in [0.05, 0.1) is 12.3 Å². The van der Waals surface area contributed by atoms with E-state index < -0.39 is 0 Å². The Balaban J connectivity index is 1.38. The summed E-state index contributed by atoms with van der Waals surface area (Å²) in [7, 11) is 0. The standard InChI is InChI=1S/C25H35NO/c1-3-6-21-8-10-22(11-9-21)7-5-18-27-24-15-13-23(14-16-24)25-17-12-20(4-2)19-26-25/h12-17,19,21-22H,3-11,18H2,1-2H3/t21-,22-. The third-order valence-electron chi connectivity index (χ3n) is 6.07. The van der Waals surface area contributed by atoms with Gasteiger partial charge in [0.15, 0.2) is 0 Å². The van der Waals surface area contributed by atoms with Gasteiger partial charge in [0.2, 0.25) is 0 Å². The Morgan fingerprint density at radius 2 is 1.59 bits per heavy atom. The van der Waals surface area contributed by atoms with Gasteiger partial charge in [-0.2, -0.15) is 0 Å². The van der Waals surface area contributed by atoms with Crippen LogP contribution >= 0.6 is 0 Å². The van der Waals surface area contributed by atoms with E-state index in [0.29, 0.717) is 0 Å². The van der Waals surface area contributed by atoms with E-state index in [2.05, 4.69) is 55.2 Å². The fraction of sp³-hybridized carbons (Fsp3) is 0.560. The Hall–Kier alpha value is -1.83. The Labute approximate surface area is 165 Å². The van der Waals surface area contributed by atoms with E-state index in [4.69, 9.17) is 4.74 Å². The van der Waals surface area contributed by atoms with Gasteiger partial charge in [0.1, 0.15) is 5.75 Å². The van der Waals surface area contributed by atoms with Crippen LogP contribution in [-0.4, -0.2) is 11.6 Å². The molecule has 27 heavy (non-hydrogen) atoms. The van der Waals surface area contributed by atoms with Gasteiger partial charge in [-0.05, 0) is 67.0 Å². The van der Waals surface area contributed by atoms with Gasteiger partial charge in [-0.1, -0.05) is 58.4 Å². The zero-order valence-corrected chi connectivity index (χ0v) is 17.1. The first-order chi connectivity index (χ1) is 13.3. The first kappa shape index (κ1) is 19.9. The van der Waals surface area contributed by atoms with Crippen molar-refractivity contribution in [1.29, 1.82) is 0 Å². The molecule has 1 aromatic heterocycles. The number of benzene rings is 1. The lowest BCUT2D eigenvalue weighted by Gasteiger charge is -2.28. The van der Waals surface area contributed by atoms with Crippen molar-refractivity contribution in [3.05, 3.63) is 48.2 Å². The molecule has 0 radical (unpaired) electrons. The predicted molar refractivity (Wildman–Crippen MR) is 114 cm³/mol. The van der Waals surface area contributed by atoms with Crippen LogP contribution in [0.15, 0.2) is 42.6 Å². The Morgan fingerprint density at radius 1 is 0.889 bits per heavy atom. The first-order valence-corrected chi connectivity index (χ1v) is 11.0. The molecule has 1 aromatic carbocycles. The molecule has 2 aromatic rings. The fourth-order valence-corrected chi connectivity index (χ4v) is 4.31. The number of aryl methyl sites for hydroxylation is 1. The van der Waals surface area contributed by atoms with Gasteiger partial charge in [0, 0.05) is 11.8 Å². The molecule has 0 amide bonds. The maximum Gasteiger partial charge on any atom is 0.119 e. The molecule has 0 bridgehead atoms. The molecule has 1 aliphatic carbocycles. The molecule has 1 heterocycles. The van der Waals surface area contributed by atoms with Crippen molar-refractivity contribution in [3.8, 4) is 17.0 Å². The van der Waals surface area contributed by atoms with Crippen molar-refractivity contribution in [1.82, 2.24) is 4.98 Å². The lowest BCUT2D eigenvalue weighted by molar-refractivity contribution is 0.230. The Kier molecular flexibility index (Phi) is 7.74. The van der Waals surface area contributed by atoms with Crippen LogP contribution in [0.2, 0.25) is 0 Å². The van der Waals surface area contributed by atoms with Gasteiger partial charge in [0.25, 0.3) is 0 Å². The molecule has 0 saturated heterocycles.